The number of ether oxygens (including phenoxy) is 1. The second-order valence-electron chi connectivity index (χ2n) is 5.02. The number of rotatable bonds is 5. The van der Waals surface area contributed by atoms with E-state index in [9.17, 15) is 4.79 Å². The maximum Gasteiger partial charge on any atom is 0.259 e. The summed E-state index contributed by atoms with van der Waals surface area (Å²) < 4.78 is 10.6. The van der Waals surface area contributed by atoms with Gasteiger partial charge in [-0.2, -0.15) is 4.98 Å². The third kappa shape index (κ3) is 2.20. The Hall–Kier alpha value is -2.15. The predicted octanol–water partition coefficient (Wildman–Crippen LogP) is 1.82. The molecule has 0 saturated heterocycles. The fraction of sp³-hybridized carbons (Fsp3) is 0.462. The Kier molecular flexibility index (Phi) is 3.06. The van der Waals surface area contributed by atoms with Crippen molar-refractivity contribution in [2.24, 2.45) is 5.92 Å². The van der Waals surface area contributed by atoms with Gasteiger partial charge in [0, 0.05) is 7.11 Å². The number of anilines is 1. The van der Waals surface area contributed by atoms with Crippen molar-refractivity contribution in [3.8, 4) is 11.6 Å². The number of H-pyrrole nitrogens is 1. The Morgan fingerprint density at radius 2 is 2.40 bits per heavy atom. The first-order valence-corrected chi connectivity index (χ1v) is 6.46. The second kappa shape index (κ2) is 4.75. The van der Waals surface area contributed by atoms with Gasteiger partial charge in [0.2, 0.25) is 5.95 Å². The molecule has 1 atom stereocenters. The number of nitrogens with one attached hydrogen (secondary N) is 2. The molecule has 0 bridgehead atoms. The van der Waals surface area contributed by atoms with Crippen molar-refractivity contribution in [2.45, 2.75) is 25.4 Å². The molecule has 2 aromatic heterocycles. The van der Waals surface area contributed by atoms with Crippen LogP contribution in [0.15, 0.2) is 22.8 Å². The Morgan fingerprint density at radius 1 is 1.60 bits per heavy atom. The summed E-state index contributed by atoms with van der Waals surface area (Å²) in [5, 5.41) is 9.35. The number of amides is 1. The molecule has 0 aromatic carbocycles. The van der Waals surface area contributed by atoms with Crippen LogP contribution in [0.5, 0.6) is 0 Å². The fourth-order valence-electron chi connectivity index (χ4n) is 2.15. The Bertz CT molecular complexity index is 603. The van der Waals surface area contributed by atoms with Crippen molar-refractivity contribution < 1.29 is 13.9 Å². The number of aromatic amines is 1. The van der Waals surface area contributed by atoms with Gasteiger partial charge in [-0.3, -0.25) is 15.2 Å². The van der Waals surface area contributed by atoms with E-state index in [-0.39, 0.29) is 17.8 Å². The lowest BCUT2D eigenvalue weighted by Crippen LogP contribution is -2.44. The summed E-state index contributed by atoms with van der Waals surface area (Å²) in [6, 6.07) is 3.51. The van der Waals surface area contributed by atoms with E-state index in [1.54, 1.807) is 32.4 Å². The average Bonchev–Trinajstić information content (AvgIpc) is 2.98. The largest absolute Gasteiger partial charge is 0.461 e. The molecule has 7 heteroatoms. The van der Waals surface area contributed by atoms with Gasteiger partial charge in [-0.25, -0.2) is 0 Å². The van der Waals surface area contributed by atoms with E-state index in [4.69, 9.17) is 9.15 Å². The van der Waals surface area contributed by atoms with E-state index in [1.165, 1.54) is 0 Å². The molecular formula is C13H16N4O3. The average molecular weight is 276 g/mol. The van der Waals surface area contributed by atoms with Gasteiger partial charge in [0.25, 0.3) is 5.91 Å². The molecule has 1 fully saturated rings. The Morgan fingerprint density at radius 3 is 3.00 bits per heavy atom. The van der Waals surface area contributed by atoms with Crippen LogP contribution in [0.4, 0.5) is 5.95 Å². The van der Waals surface area contributed by atoms with Gasteiger partial charge < -0.3 is 9.15 Å². The van der Waals surface area contributed by atoms with Crippen molar-refractivity contribution in [1.82, 2.24) is 15.2 Å². The zero-order chi connectivity index (χ0) is 14.2. The van der Waals surface area contributed by atoms with E-state index >= 15 is 0 Å². The molecule has 0 spiro atoms. The molecule has 2 N–H and O–H groups in total. The van der Waals surface area contributed by atoms with Crippen LogP contribution in [-0.4, -0.2) is 33.8 Å². The second-order valence-corrected chi connectivity index (χ2v) is 5.02. The summed E-state index contributed by atoms with van der Waals surface area (Å²) in [5.74, 6) is 1.28. The number of carbonyl (C=O) groups excluding carboxylic acids is 1. The number of hydrogen-bond donors (Lipinski definition) is 2. The van der Waals surface area contributed by atoms with Gasteiger partial charge in [-0.05, 0) is 37.8 Å². The summed E-state index contributed by atoms with van der Waals surface area (Å²) in [5.41, 5.74) is -0.828. The highest BCUT2D eigenvalue weighted by molar-refractivity contribution is 5.96. The minimum atomic E-state index is -0.828. The topological polar surface area (TPSA) is 93.0 Å². The van der Waals surface area contributed by atoms with E-state index < -0.39 is 5.60 Å². The first kappa shape index (κ1) is 12.9. The van der Waals surface area contributed by atoms with Crippen molar-refractivity contribution in [3.05, 3.63) is 18.4 Å². The molecule has 106 valence electrons. The monoisotopic (exact) mass is 276 g/mol. The number of carbonyl (C=O) groups is 1. The van der Waals surface area contributed by atoms with Gasteiger partial charge in [0.05, 0.1) is 6.26 Å². The smallest absolute Gasteiger partial charge is 0.259 e. The van der Waals surface area contributed by atoms with E-state index in [0.29, 0.717) is 11.6 Å². The highest BCUT2D eigenvalue weighted by atomic mass is 16.5. The van der Waals surface area contributed by atoms with E-state index in [0.717, 1.165) is 12.8 Å². The van der Waals surface area contributed by atoms with Crippen molar-refractivity contribution >= 4 is 11.9 Å². The number of aromatic nitrogens is 3. The van der Waals surface area contributed by atoms with E-state index in [2.05, 4.69) is 20.5 Å². The molecule has 1 amide bonds. The molecule has 7 nitrogen and oxygen atoms in total. The van der Waals surface area contributed by atoms with Crippen LogP contribution >= 0.6 is 0 Å². The molecule has 0 aliphatic heterocycles. The molecule has 2 heterocycles. The number of hydrogen-bond acceptors (Lipinski definition) is 5. The summed E-state index contributed by atoms with van der Waals surface area (Å²) in [7, 11) is 1.55. The molecule has 20 heavy (non-hydrogen) atoms. The number of nitrogens with zero attached hydrogens (tertiary/aromatic N) is 2. The third-order valence-corrected chi connectivity index (χ3v) is 3.70. The summed E-state index contributed by atoms with van der Waals surface area (Å²) in [6.07, 6.45) is 3.55. The standard InChI is InChI=1S/C13H16N4O3/c1-13(19-2,8-5-6-8)11(18)15-12-14-10(16-17-12)9-4-3-7-20-9/h3-4,7-8H,5-6H2,1-2H3,(H2,14,15,16,17,18). The lowest BCUT2D eigenvalue weighted by Gasteiger charge is -2.25. The molecule has 1 aliphatic rings. The van der Waals surface area contributed by atoms with Gasteiger partial charge in [-0.15, -0.1) is 5.10 Å². The van der Waals surface area contributed by atoms with Crippen LogP contribution in [0.2, 0.25) is 0 Å². The SMILES string of the molecule is COC(C)(C(=O)Nc1n[nH]c(-c2ccco2)n1)C1CC1. The lowest BCUT2D eigenvalue weighted by atomic mass is 9.99. The van der Waals surface area contributed by atoms with Crippen LogP contribution in [-0.2, 0) is 9.53 Å². The zero-order valence-electron chi connectivity index (χ0n) is 11.3. The molecule has 0 radical (unpaired) electrons. The van der Waals surface area contributed by atoms with Crippen LogP contribution in [0.3, 0.4) is 0 Å². The molecule has 1 aliphatic carbocycles. The zero-order valence-corrected chi connectivity index (χ0v) is 11.3. The summed E-state index contributed by atoms with van der Waals surface area (Å²) in [4.78, 5) is 16.5. The maximum atomic E-state index is 12.3. The first-order chi connectivity index (χ1) is 9.63. The highest BCUT2D eigenvalue weighted by Crippen LogP contribution is 2.42. The summed E-state index contributed by atoms with van der Waals surface area (Å²) in [6.45, 7) is 1.79. The Labute approximate surface area is 115 Å². The summed E-state index contributed by atoms with van der Waals surface area (Å²) >= 11 is 0. The molecule has 2 aromatic rings. The van der Waals surface area contributed by atoms with Crippen LogP contribution < -0.4 is 5.32 Å². The molecule has 1 saturated carbocycles. The van der Waals surface area contributed by atoms with Gasteiger partial charge in [0.15, 0.2) is 11.6 Å². The lowest BCUT2D eigenvalue weighted by molar-refractivity contribution is -0.138. The van der Waals surface area contributed by atoms with Crippen molar-refractivity contribution in [2.75, 3.05) is 12.4 Å². The van der Waals surface area contributed by atoms with Crippen molar-refractivity contribution in [1.29, 1.82) is 0 Å². The van der Waals surface area contributed by atoms with E-state index in [1.807, 2.05) is 0 Å². The van der Waals surface area contributed by atoms with Crippen LogP contribution in [0.25, 0.3) is 11.6 Å². The molecule has 1 unspecified atom stereocenters. The van der Waals surface area contributed by atoms with Crippen molar-refractivity contribution in [3.63, 3.8) is 0 Å². The minimum absolute atomic E-state index is 0.213. The third-order valence-electron chi connectivity index (χ3n) is 3.70. The predicted molar refractivity (Wildman–Crippen MR) is 70.9 cm³/mol. The fourth-order valence-corrected chi connectivity index (χ4v) is 2.15. The minimum Gasteiger partial charge on any atom is -0.461 e. The quantitative estimate of drug-likeness (QED) is 0.868. The van der Waals surface area contributed by atoms with Gasteiger partial charge >= 0.3 is 0 Å². The van der Waals surface area contributed by atoms with Crippen LogP contribution in [0.1, 0.15) is 19.8 Å². The first-order valence-electron chi connectivity index (χ1n) is 6.46. The maximum absolute atomic E-state index is 12.3. The Balaban J connectivity index is 1.73. The molecular weight excluding hydrogens is 260 g/mol. The number of furan rings is 1. The normalized spacial score (nSPS) is 17.7. The highest BCUT2D eigenvalue weighted by Gasteiger charge is 2.47. The number of methoxy groups -OCH3 is 1. The van der Waals surface area contributed by atoms with Crippen LogP contribution in [0, 0.1) is 5.92 Å². The van der Waals surface area contributed by atoms with Gasteiger partial charge in [0.1, 0.15) is 5.60 Å². The van der Waals surface area contributed by atoms with Gasteiger partial charge in [-0.1, -0.05) is 0 Å². The molecule has 3 rings (SSSR count).